The number of nitrogens with zero attached hydrogens (tertiary/aromatic N) is 2. The van der Waals surface area contributed by atoms with Gasteiger partial charge in [-0.15, -0.1) is 0 Å². The Morgan fingerprint density at radius 1 is 1.70 bits per heavy atom. The lowest BCUT2D eigenvalue weighted by Gasteiger charge is -1.95. The molecule has 1 amide bonds. The van der Waals surface area contributed by atoms with E-state index in [1.54, 1.807) is 6.92 Å². The molecule has 4 heteroatoms. The molecule has 0 saturated heterocycles. The van der Waals surface area contributed by atoms with E-state index in [1.165, 1.54) is 10.9 Å². The highest BCUT2D eigenvalue weighted by molar-refractivity contribution is 5.75. The van der Waals surface area contributed by atoms with Gasteiger partial charge in [-0.1, -0.05) is 0 Å². The third kappa shape index (κ3) is 0.877. The fraction of sp³-hybridized carbons (Fsp3) is 0.333. The summed E-state index contributed by atoms with van der Waals surface area (Å²) in [7, 11) is 0. The molecule has 1 aromatic heterocycles. The summed E-state index contributed by atoms with van der Waals surface area (Å²) in [5.41, 5.74) is 6.64. The molecule has 0 saturated carbocycles. The van der Waals surface area contributed by atoms with Crippen LogP contribution in [0.1, 0.15) is 11.4 Å². The third-order valence-corrected chi connectivity index (χ3v) is 1.49. The van der Waals surface area contributed by atoms with E-state index in [2.05, 4.69) is 4.98 Å². The standard InChI is InChI=1S/C6H9N3O/c1-4-5(2)9(3-8-4)6(7)10/h3H,1-2H3,(H2,7,10). The Hall–Kier alpha value is -1.32. The highest BCUT2D eigenvalue weighted by Crippen LogP contribution is 2.01. The van der Waals surface area contributed by atoms with Crippen molar-refractivity contribution in [3.8, 4) is 0 Å². The van der Waals surface area contributed by atoms with Gasteiger partial charge in [-0.25, -0.2) is 9.78 Å². The second-order valence-electron chi connectivity index (χ2n) is 2.12. The zero-order chi connectivity index (χ0) is 7.72. The summed E-state index contributed by atoms with van der Waals surface area (Å²) in [6, 6.07) is -0.488. The van der Waals surface area contributed by atoms with Crippen molar-refractivity contribution in [2.24, 2.45) is 5.73 Å². The molecular formula is C6H9N3O. The van der Waals surface area contributed by atoms with Crippen molar-refractivity contribution in [3.05, 3.63) is 17.7 Å². The smallest absolute Gasteiger partial charge is 0.324 e. The quantitative estimate of drug-likeness (QED) is 0.566. The van der Waals surface area contributed by atoms with Crippen LogP contribution in [0.15, 0.2) is 6.33 Å². The van der Waals surface area contributed by atoms with Gasteiger partial charge in [0.25, 0.3) is 0 Å². The predicted molar refractivity (Wildman–Crippen MR) is 36.7 cm³/mol. The van der Waals surface area contributed by atoms with Crippen LogP contribution in [0, 0.1) is 13.8 Å². The van der Waals surface area contributed by atoms with E-state index in [-0.39, 0.29) is 0 Å². The Balaban J connectivity index is 3.17. The molecule has 0 aromatic carbocycles. The molecule has 1 heterocycles. The van der Waals surface area contributed by atoms with Crippen LogP contribution in [0.3, 0.4) is 0 Å². The summed E-state index contributed by atoms with van der Waals surface area (Å²) in [4.78, 5) is 14.5. The first-order chi connectivity index (χ1) is 4.63. The number of hydrogen-bond donors (Lipinski definition) is 1. The summed E-state index contributed by atoms with van der Waals surface area (Å²) in [6.07, 6.45) is 1.42. The minimum atomic E-state index is -0.488. The minimum Gasteiger partial charge on any atom is -0.351 e. The van der Waals surface area contributed by atoms with Gasteiger partial charge in [0.1, 0.15) is 6.33 Å². The van der Waals surface area contributed by atoms with Crippen LogP contribution < -0.4 is 5.73 Å². The average Bonchev–Trinajstić information content (AvgIpc) is 2.14. The molecule has 0 aliphatic rings. The summed E-state index contributed by atoms with van der Waals surface area (Å²) in [6.45, 7) is 3.63. The Morgan fingerprint density at radius 2 is 2.30 bits per heavy atom. The number of hydrogen-bond acceptors (Lipinski definition) is 2. The van der Waals surface area contributed by atoms with E-state index in [0.717, 1.165) is 11.4 Å². The van der Waals surface area contributed by atoms with Gasteiger partial charge in [0.15, 0.2) is 0 Å². The molecule has 4 nitrogen and oxygen atoms in total. The molecule has 1 aromatic rings. The fourth-order valence-corrected chi connectivity index (χ4v) is 0.721. The monoisotopic (exact) mass is 139 g/mol. The molecule has 0 unspecified atom stereocenters. The molecule has 10 heavy (non-hydrogen) atoms. The Labute approximate surface area is 58.7 Å². The first-order valence-corrected chi connectivity index (χ1v) is 2.93. The third-order valence-electron chi connectivity index (χ3n) is 1.49. The van der Waals surface area contributed by atoms with Crippen LogP contribution in [0.25, 0.3) is 0 Å². The van der Waals surface area contributed by atoms with Crippen LogP contribution in [0.2, 0.25) is 0 Å². The second kappa shape index (κ2) is 2.13. The topological polar surface area (TPSA) is 60.9 Å². The first-order valence-electron chi connectivity index (χ1n) is 2.93. The molecular weight excluding hydrogens is 130 g/mol. The van der Waals surface area contributed by atoms with Crippen molar-refractivity contribution in [2.75, 3.05) is 0 Å². The Bertz CT molecular complexity index is 264. The van der Waals surface area contributed by atoms with Crippen molar-refractivity contribution >= 4 is 6.03 Å². The molecule has 54 valence electrons. The predicted octanol–water partition coefficient (Wildman–Crippen LogP) is 0.427. The molecule has 0 fully saturated rings. The van der Waals surface area contributed by atoms with Crippen molar-refractivity contribution in [2.45, 2.75) is 13.8 Å². The van der Waals surface area contributed by atoms with E-state index in [9.17, 15) is 4.79 Å². The average molecular weight is 139 g/mol. The molecule has 0 radical (unpaired) electrons. The van der Waals surface area contributed by atoms with E-state index in [4.69, 9.17) is 5.73 Å². The SMILES string of the molecule is Cc1ncn(C(N)=O)c1C. The molecule has 1 rings (SSSR count). The molecule has 0 atom stereocenters. The summed E-state index contributed by atoms with van der Waals surface area (Å²) < 4.78 is 1.31. The maximum Gasteiger partial charge on any atom is 0.324 e. The van der Waals surface area contributed by atoms with E-state index in [0.29, 0.717) is 0 Å². The van der Waals surface area contributed by atoms with Crippen LogP contribution in [-0.2, 0) is 0 Å². The minimum absolute atomic E-state index is 0.488. The van der Waals surface area contributed by atoms with Crippen LogP contribution in [-0.4, -0.2) is 15.6 Å². The van der Waals surface area contributed by atoms with E-state index in [1.807, 2.05) is 6.92 Å². The highest BCUT2D eigenvalue weighted by Gasteiger charge is 2.04. The number of carbonyl (C=O) groups is 1. The maximum absolute atomic E-state index is 10.6. The van der Waals surface area contributed by atoms with Gasteiger partial charge >= 0.3 is 6.03 Å². The van der Waals surface area contributed by atoms with E-state index >= 15 is 0 Å². The molecule has 0 aliphatic carbocycles. The van der Waals surface area contributed by atoms with Gasteiger partial charge in [-0.3, -0.25) is 4.57 Å². The number of carbonyl (C=O) groups excluding carboxylic acids is 1. The number of aromatic nitrogens is 2. The largest absolute Gasteiger partial charge is 0.351 e. The molecule has 0 aliphatic heterocycles. The summed E-state index contributed by atoms with van der Waals surface area (Å²) in [5, 5.41) is 0. The Kier molecular flexibility index (Phi) is 1.45. The van der Waals surface area contributed by atoms with Crippen molar-refractivity contribution < 1.29 is 4.79 Å². The van der Waals surface area contributed by atoms with Crippen molar-refractivity contribution in [1.29, 1.82) is 0 Å². The number of rotatable bonds is 0. The number of imidazole rings is 1. The van der Waals surface area contributed by atoms with Gasteiger partial charge in [-0.05, 0) is 13.8 Å². The summed E-state index contributed by atoms with van der Waals surface area (Å²) in [5.74, 6) is 0. The van der Waals surface area contributed by atoms with Crippen molar-refractivity contribution in [1.82, 2.24) is 9.55 Å². The lowest BCUT2D eigenvalue weighted by molar-refractivity contribution is 0.250. The molecule has 2 N–H and O–H groups in total. The van der Waals surface area contributed by atoms with Gasteiger partial charge in [-0.2, -0.15) is 0 Å². The lowest BCUT2D eigenvalue weighted by atomic mass is 10.4. The van der Waals surface area contributed by atoms with Crippen molar-refractivity contribution in [3.63, 3.8) is 0 Å². The first kappa shape index (κ1) is 6.80. The van der Waals surface area contributed by atoms with Crippen LogP contribution >= 0.6 is 0 Å². The normalized spacial score (nSPS) is 9.80. The zero-order valence-electron chi connectivity index (χ0n) is 5.96. The zero-order valence-corrected chi connectivity index (χ0v) is 5.96. The van der Waals surface area contributed by atoms with Crippen LogP contribution in [0.4, 0.5) is 4.79 Å². The molecule has 0 bridgehead atoms. The maximum atomic E-state index is 10.6. The number of nitrogens with two attached hydrogens (primary N) is 1. The van der Waals surface area contributed by atoms with Gasteiger partial charge in [0.05, 0.1) is 5.69 Å². The Morgan fingerprint density at radius 3 is 2.50 bits per heavy atom. The van der Waals surface area contributed by atoms with E-state index < -0.39 is 6.03 Å². The van der Waals surface area contributed by atoms with Gasteiger partial charge in [0, 0.05) is 5.69 Å². The van der Waals surface area contributed by atoms with Gasteiger partial charge < -0.3 is 5.73 Å². The number of aryl methyl sites for hydroxylation is 1. The highest BCUT2D eigenvalue weighted by atomic mass is 16.2. The lowest BCUT2D eigenvalue weighted by Crippen LogP contribution is -2.19. The molecule has 0 spiro atoms. The summed E-state index contributed by atoms with van der Waals surface area (Å²) >= 11 is 0. The second-order valence-corrected chi connectivity index (χ2v) is 2.12. The van der Waals surface area contributed by atoms with Gasteiger partial charge in [0.2, 0.25) is 0 Å². The fourth-order valence-electron chi connectivity index (χ4n) is 0.721. The number of primary amides is 1. The van der Waals surface area contributed by atoms with Crippen LogP contribution in [0.5, 0.6) is 0 Å². The number of amides is 1.